The smallest absolute Gasteiger partial charge is 0.181 e. The molecule has 1 heterocycles. The molecule has 3 heteroatoms. The maximum Gasteiger partial charge on any atom is 0.181 e. The normalized spacial score (nSPS) is 10.4. The third-order valence-electron chi connectivity index (χ3n) is 1.86. The van der Waals surface area contributed by atoms with Crippen molar-refractivity contribution < 1.29 is 4.39 Å². The molecule has 10 heavy (non-hydrogen) atoms. The zero-order valence-corrected chi connectivity index (χ0v) is 6.48. The van der Waals surface area contributed by atoms with Crippen LogP contribution in [0.5, 0.6) is 0 Å². The molecule has 1 aromatic heterocycles. The summed E-state index contributed by atoms with van der Waals surface area (Å²) >= 11 is 0. The van der Waals surface area contributed by atoms with Crippen LogP contribution in [0.3, 0.4) is 0 Å². The predicted molar refractivity (Wildman–Crippen MR) is 37.5 cm³/mol. The van der Waals surface area contributed by atoms with E-state index in [2.05, 4.69) is 5.10 Å². The third-order valence-corrected chi connectivity index (χ3v) is 1.86. The van der Waals surface area contributed by atoms with Gasteiger partial charge in [0, 0.05) is 5.69 Å². The minimum absolute atomic E-state index is 0.527. The van der Waals surface area contributed by atoms with Crippen LogP contribution < -0.4 is 0 Å². The van der Waals surface area contributed by atoms with Crippen LogP contribution in [0.2, 0.25) is 0 Å². The Bertz CT molecular complexity index is 240. The molecular weight excluding hydrogens is 131 g/mol. The first-order valence-electron chi connectivity index (χ1n) is 3.23. The van der Waals surface area contributed by atoms with Crippen molar-refractivity contribution in [1.82, 2.24) is 9.78 Å². The fourth-order valence-corrected chi connectivity index (χ4v) is 0.903. The Morgan fingerprint density at radius 2 is 2.00 bits per heavy atom. The van der Waals surface area contributed by atoms with Gasteiger partial charge in [-0.25, -0.2) is 9.07 Å². The van der Waals surface area contributed by atoms with Crippen molar-refractivity contribution in [2.75, 3.05) is 0 Å². The lowest BCUT2D eigenvalue weighted by molar-refractivity contribution is 0.343. The largest absolute Gasteiger partial charge is 0.238 e. The fourth-order valence-electron chi connectivity index (χ4n) is 0.903. The molecule has 2 nitrogen and oxygen atoms in total. The summed E-state index contributed by atoms with van der Waals surface area (Å²) in [6.45, 7) is 5.17. The van der Waals surface area contributed by atoms with Gasteiger partial charge in [0.1, 0.15) is 0 Å². The van der Waals surface area contributed by atoms with Gasteiger partial charge in [0.25, 0.3) is 0 Å². The van der Waals surface area contributed by atoms with Crippen molar-refractivity contribution in [2.45, 2.75) is 27.6 Å². The summed E-state index contributed by atoms with van der Waals surface area (Å²) in [7, 11) is 0. The third kappa shape index (κ3) is 0.916. The molecule has 0 atom stereocenters. The Kier molecular flexibility index (Phi) is 1.74. The number of aryl methyl sites for hydroxylation is 1. The average molecular weight is 142 g/mol. The lowest BCUT2D eigenvalue weighted by Gasteiger charge is -1.94. The highest BCUT2D eigenvalue weighted by molar-refractivity contribution is 5.21. The van der Waals surface area contributed by atoms with E-state index >= 15 is 0 Å². The Labute approximate surface area is 59.7 Å². The number of rotatable bonds is 1. The number of hydrogen-bond acceptors (Lipinski definition) is 1. The molecule has 0 fully saturated rings. The fraction of sp³-hybridized carbons (Fsp3) is 0.571. The van der Waals surface area contributed by atoms with Gasteiger partial charge in [0.15, 0.2) is 6.80 Å². The summed E-state index contributed by atoms with van der Waals surface area (Å²) in [5.41, 5.74) is 2.91. The van der Waals surface area contributed by atoms with Gasteiger partial charge in [-0.15, -0.1) is 0 Å². The van der Waals surface area contributed by atoms with E-state index in [0.717, 1.165) is 17.0 Å². The van der Waals surface area contributed by atoms with Gasteiger partial charge in [-0.05, 0) is 26.3 Å². The number of nitrogens with zero attached hydrogens (tertiary/aromatic N) is 2. The molecule has 0 radical (unpaired) electrons. The molecule has 0 saturated carbocycles. The van der Waals surface area contributed by atoms with Crippen molar-refractivity contribution in [3.05, 3.63) is 17.0 Å². The number of alkyl halides is 1. The summed E-state index contributed by atoms with van der Waals surface area (Å²) in [6, 6.07) is 0. The van der Waals surface area contributed by atoms with Crippen LogP contribution in [0, 0.1) is 20.8 Å². The Morgan fingerprint density at radius 1 is 1.40 bits per heavy atom. The zero-order valence-electron chi connectivity index (χ0n) is 6.48. The SMILES string of the molecule is Cc1nn(CF)c(C)c1C. The second-order valence-electron chi connectivity index (χ2n) is 2.41. The highest BCUT2D eigenvalue weighted by Crippen LogP contribution is 2.10. The van der Waals surface area contributed by atoms with Crippen LogP contribution >= 0.6 is 0 Å². The van der Waals surface area contributed by atoms with Gasteiger partial charge in [0.2, 0.25) is 0 Å². The average Bonchev–Trinajstić information content (AvgIpc) is 2.17. The monoisotopic (exact) mass is 142 g/mol. The quantitative estimate of drug-likeness (QED) is 0.584. The van der Waals surface area contributed by atoms with Gasteiger partial charge in [-0.3, -0.25) is 0 Å². The first-order chi connectivity index (χ1) is 4.66. The molecular formula is C7H11FN2. The van der Waals surface area contributed by atoms with E-state index < -0.39 is 6.80 Å². The van der Waals surface area contributed by atoms with E-state index in [9.17, 15) is 4.39 Å². The minimum Gasteiger partial charge on any atom is -0.238 e. The van der Waals surface area contributed by atoms with Crippen molar-refractivity contribution in [3.63, 3.8) is 0 Å². The van der Waals surface area contributed by atoms with Crippen LogP contribution in [0.1, 0.15) is 17.0 Å². The Hall–Kier alpha value is -0.860. The van der Waals surface area contributed by atoms with Crippen LogP contribution in [0.25, 0.3) is 0 Å². The maximum atomic E-state index is 12.1. The van der Waals surface area contributed by atoms with E-state index in [0.29, 0.717) is 0 Å². The number of aromatic nitrogens is 2. The number of halogens is 1. The van der Waals surface area contributed by atoms with E-state index in [-0.39, 0.29) is 0 Å². The van der Waals surface area contributed by atoms with Crippen LogP contribution in [-0.4, -0.2) is 9.78 Å². The van der Waals surface area contributed by atoms with Crippen molar-refractivity contribution >= 4 is 0 Å². The number of hydrogen-bond donors (Lipinski definition) is 0. The summed E-state index contributed by atoms with van der Waals surface area (Å²) in [4.78, 5) is 0. The molecule has 0 spiro atoms. The van der Waals surface area contributed by atoms with Gasteiger partial charge in [-0.2, -0.15) is 5.10 Å². The molecule has 0 bridgehead atoms. The molecule has 0 amide bonds. The highest BCUT2D eigenvalue weighted by atomic mass is 19.1. The van der Waals surface area contributed by atoms with Crippen molar-refractivity contribution in [1.29, 1.82) is 0 Å². The standard InChI is InChI=1S/C7H11FN2/c1-5-6(2)9-10(4-8)7(5)3/h4H2,1-3H3. The zero-order chi connectivity index (χ0) is 7.72. The van der Waals surface area contributed by atoms with E-state index in [1.165, 1.54) is 4.68 Å². The van der Waals surface area contributed by atoms with Gasteiger partial charge < -0.3 is 0 Å². The second kappa shape index (κ2) is 2.40. The van der Waals surface area contributed by atoms with Crippen LogP contribution in [-0.2, 0) is 6.80 Å². The predicted octanol–water partition coefficient (Wildman–Crippen LogP) is 1.74. The minimum atomic E-state index is -0.527. The summed E-state index contributed by atoms with van der Waals surface area (Å²) in [5, 5.41) is 3.97. The first-order valence-corrected chi connectivity index (χ1v) is 3.23. The molecule has 1 aromatic rings. The van der Waals surface area contributed by atoms with Gasteiger partial charge >= 0.3 is 0 Å². The van der Waals surface area contributed by atoms with E-state index in [1.807, 2.05) is 20.8 Å². The second-order valence-corrected chi connectivity index (χ2v) is 2.41. The highest BCUT2D eigenvalue weighted by Gasteiger charge is 2.04. The van der Waals surface area contributed by atoms with Crippen molar-refractivity contribution in [2.24, 2.45) is 0 Å². The molecule has 0 N–H and O–H groups in total. The first kappa shape index (κ1) is 7.25. The van der Waals surface area contributed by atoms with Gasteiger partial charge in [-0.1, -0.05) is 0 Å². The molecule has 0 aromatic carbocycles. The maximum absolute atomic E-state index is 12.1. The van der Waals surface area contributed by atoms with Crippen molar-refractivity contribution in [3.8, 4) is 0 Å². The Morgan fingerprint density at radius 3 is 2.20 bits per heavy atom. The lowest BCUT2D eigenvalue weighted by Crippen LogP contribution is -1.97. The molecule has 0 aliphatic rings. The summed E-state index contributed by atoms with van der Waals surface area (Å²) in [5.74, 6) is 0. The van der Waals surface area contributed by atoms with Crippen LogP contribution in [0.4, 0.5) is 4.39 Å². The molecule has 0 aliphatic carbocycles. The topological polar surface area (TPSA) is 17.8 Å². The summed E-state index contributed by atoms with van der Waals surface area (Å²) < 4.78 is 13.4. The van der Waals surface area contributed by atoms with Crippen LogP contribution in [0.15, 0.2) is 0 Å². The van der Waals surface area contributed by atoms with E-state index in [4.69, 9.17) is 0 Å². The molecule has 56 valence electrons. The molecule has 1 rings (SSSR count). The van der Waals surface area contributed by atoms with E-state index in [1.54, 1.807) is 0 Å². The molecule has 0 aliphatic heterocycles. The lowest BCUT2D eigenvalue weighted by atomic mass is 10.2. The Balaban J connectivity index is 3.17. The van der Waals surface area contributed by atoms with Gasteiger partial charge in [0.05, 0.1) is 5.69 Å². The molecule has 0 unspecified atom stereocenters. The molecule has 0 saturated heterocycles. The summed E-state index contributed by atoms with van der Waals surface area (Å²) in [6.07, 6.45) is 0.